The number of aromatic nitrogens is 1. The second-order valence-corrected chi connectivity index (χ2v) is 6.14. The summed E-state index contributed by atoms with van der Waals surface area (Å²) in [7, 11) is 1.38. The van der Waals surface area contributed by atoms with E-state index in [0.717, 1.165) is 29.7 Å². The van der Waals surface area contributed by atoms with Crippen molar-refractivity contribution in [2.24, 2.45) is 0 Å². The zero-order valence-corrected chi connectivity index (χ0v) is 13.1. The van der Waals surface area contributed by atoms with E-state index in [9.17, 15) is 9.90 Å². The second kappa shape index (κ2) is 6.65. The molecule has 0 aromatic carbocycles. The Balaban J connectivity index is 2.02. The molecule has 0 unspecified atom stereocenters. The van der Waals surface area contributed by atoms with E-state index in [0.29, 0.717) is 37.0 Å². The van der Waals surface area contributed by atoms with E-state index >= 15 is 0 Å². The maximum absolute atomic E-state index is 11.7. The van der Waals surface area contributed by atoms with Gasteiger partial charge in [-0.3, -0.25) is 9.78 Å². The van der Waals surface area contributed by atoms with E-state index in [1.165, 1.54) is 26.4 Å². The number of nitrogens with zero attached hydrogens (tertiary/aromatic N) is 1. The van der Waals surface area contributed by atoms with Gasteiger partial charge < -0.3 is 14.6 Å². The van der Waals surface area contributed by atoms with Crippen molar-refractivity contribution in [1.29, 1.82) is 0 Å². The number of methoxy groups -OCH3 is 1. The molecule has 5 heteroatoms. The topological polar surface area (TPSA) is 68.7 Å². The summed E-state index contributed by atoms with van der Waals surface area (Å²) in [5.74, 6) is 0.331. The summed E-state index contributed by atoms with van der Waals surface area (Å²) >= 11 is 0. The Morgan fingerprint density at radius 2 is 2.09 bits per heavy atom. The van der Waals surface area contributed by atoms with Crippen molar-refractivity contribution in [2.75, 3.05) is 13.7 Å². The van der Waals surface area contributed by atoms with Crippen LogP contribution >= 0.6 is 0 Å². The van der Waals surface area contributed by atoms with Gasteiger partial charge >= 0.3 is 5.97 Å². The first-order valence-corrected chi connectivity index (χ1v) is 8.08. The summed E-state index contributed by atoms with van der Waals surface area (Å²) in [6.45, 7) is 1.01. The number of rotatable bonds is 3. The van der Waals surface area contributed by atoms with E-state index in [-0.39, 0.29) is 12.4 Å². The van der Waals surface area contributed by atoms with Crippen LogP contribution in [0, 0.1) is 0 Å². The molecule has 3 rings (SSSR count). The normalized spacial score (nSPS) is 18.8. The molecule has 1 saturated carbocycles. The lowest BCUT2D eigenvalue weighted by molar-refractivity contribution is -0.139. The van der Waals surface area contributed by atoms with Crippen LogP contribution in [0.5, 0.6) is 5.75 Å². The standard InChI is InChI=1S/C17H23NO4/c1-21-15(19)9-14-13-10-22-8-7-12(13)17(20)16(18-14)11-5-3-2-4-6-11/h11,20H,2-10H2,1H3. The molecule has 2 aliphatic rings. The van der Waals surface area contributed by atoms with E-state index in [1.54, 1.807) is 0 Å². The van der Waals surface area contributed by atoms with Gasteiger partial charge in [0.15, 0.2) is 0 Å². The minimum atomic E-state index is -0.305. The Kier molecular flexibility index (Phi) is 4.62. The van der Waals surface area contributed by atoms with Crippen LogP contribution in [0.25, 0.3) is 0 Å². The van der Waals surface area contributed by atoms with Crippen LogP contribution in [-0.4, -0.2) is 29.8 Å². The second-order valence-electron chi connectivity index (χ2n) is 6.14. The van der Waals surface area contributed by atoms with E-state index in [2.05, 4.69) is 4.98 Å². The number of fused-ring (bicyclic) bond motifs is 1. The van der Waals surface area contributed by atoms with Crippen molar-refractivity contribution >= 4 is 5.97 Å². The van der Waals surface area contributed by atoms with Crippen LogP contribution in [0.4, 0.5) is 0 Å². The number of carbonyl (C=O) groups is 1. The molecule has 22 heavy (non-hydrogen) atoms. The third-order valence-electron chi connectivity index (χ3n) is 4.77. The Morgan fingerprint density at radius 1 is 1.32 bits per heavy atom. The smallest absolute Gasteiger partial charge is 0.311 e. The average Bonchev–Trinajstić information content (AvgIpc) is 2.58. The van der Waals surface area contributed by atoms with Crippen LogP contribution in [0.3, 0.4) is 0 Å². The first-order chi connectivity index (χ1) is 10.7. The quantitative estimate of drug-likeness (QED) is 0.869. The molecule has 1 N–H and O–H groups in total. The summed E-state index contributed by atoms with van der Waals surface area (Å²) in [6, 6.07) is 0. The number of hydrogen-bond donors (Lipinski definition) is 1. The van der Waals surface area contributed by atoms with Gasteiger partial charge in [0.1, 0.15) is 5.75 Å². The highest BCUT2D eigenvalue weighted by Crippen LogP contribution is 2.40. The lowest BCUT2D eigenvalue weighted by Gasteiger charge is -2.27. The van der Waals surface area contributed by atoms with E-state index in [4.69, 9.17) is 9.47 Å². The van der Waals surface area contributed by atoms with Gasteiger partial charge in [-0.25, -0.2) is 0 Å². The van der Waals surface area contributed by atoms with Gasteiger partial charge in [0, 0.05) is 17.0 Å². The van der Waals surface area contributed by atoms with Crippen molar-refractivity contribution in [2.45, 2.75) is 57.5 Å². The molecule has 1 aliphatic carbocycles. The fraction of sp³-hybridized carbons (Fsp3) is 0.647. The number of esters is 1. The highest BCUT2D eigenvalue weighted by molar-refractivity contribution is 5.72. The lowest BCUT2D eigenvalue weighted by atomic mass is 9.84. The first-order valence-electron chi connectivity index (χ1n) is 8.08. The van der Waals surface area contributed by atoms with Crippen LogP contribution in [0.2, 0.25) is 0 Å². The average molecular weight is 305 g/mol. The summed E-state index contributed by atoms with van der Waals surface area (Å²) in [6.07, 6.45) is 6.56. The minimum absolute atomic E-state index is 0.141. The summed E-state index contributed by atoms with van der Waals surface area (Å²) in [4.78, 5) is 16.3. The van der Waals surface area contributed by atoms with Crippen molar-refractivity contribution in [3.8, 4) is 5.75 Å². The van der Waals surface area contributed by atoms with Crippen molar-refractivity contribution in [1.82, 2.24) is 4.98 Å². The number of carbonyl (C=O) groups excluding carboxylic acids is 1. The van der Waals surface area contributed by atoms with Gasteiger partial charge in [0.05, 0.1) is 38.1 Å². The van der Waals surface area contributed by atoms with Gasteiger partial charge in [-0.05, 0) is 19.3 Å². The van der Waals surface area contributed by atoms with Crippen LogP contribution in [0.1, 0.15) is 60.5 Å². The Labute approximate surface area is 130 Å². The van der Waals surface area contributed by atoms with Crippen molar-refractivity contribution in [3.63, 3.8) is 0 Å². The van der Waals surface area contributed by atoms with Gasteiger partial charge in [-0.2, -0.15) is 0 Å². The molecule has 1 fully saturated rings. The largest absolute Gasteiger partial charge is 0.506 e. The number of hydrogen-bond acceptors (Lipinski definition) is 5. The molecule has 0 atom stereocenters. The lowest BCUT2D eigenvalue weighted by Crippen LogP contribution is -2.19. The highest BCUT2D eigenvalue weighted by atomic mass is 16.5. The molecule has 120 valence electrons. The Morgan fingerprint density at radius 3 is 2.82 bits per heavy atom. The van der Waals surface area contributed by atoms with Crippen LogP contribution in [-0.2, 0) is 33.7 Å². The molecule has 0 bridgehead atoms. The molecule has 0 amide bonds. The number of aromatic hydroxyl groups is 1. The summed E-state index contributed by atoms with van der Waals surface area (Å²) in [5.41, 5.74) is 3.27. The summed E-state index contributed by atoms with van der Waals surface area (Å²) < 4.78 is 10.3. The highest BCUT2D eigenvalue weighted by Gasteiger charge is 2.27. The molecule has 1 aromatic rings. The summed E-state index contributed by atoms with van der Waals surface area (Å²) in [5, 5.41) is 10.7. The maximum Gasteiger partial charge on any atom is 0.311 e. The number of pyridine rings is 1. The molecule has 1 aliphatic heterocycles. The number of ether oxygens (including phenoxy) is 2. The molecular weight excluding hydrogens is 282 g/mol. The molecule has 0 saturated heterocycles. The fourth-order valence-corrected chi connectivity index (χ4v) is 3.54. The third-order valence-corrected chi connectivity index (χ3v) is 4.77. The third kappa shape index (κ3) is 2.95. The van der Waals surface area contributed by atoms with Crippen molar-refractivity contribution < 1.29 is 19.4 Å². The molecule has 0 spiro atoms. The predicted octanol–water partition coefficient (Wildman–Crippen LogP) is 2.62. The SMILES string of the molecule is COC(=O)Cc1nc(C2CCCCC2)c(O)c2c1COCC2. The Bertz CT molecular complexity index is 564. The minimum Gasteiger partial charge on any atom is -0.506 e. The van der Waals surface area contributed by atoms with E-state index < -0.39 is 0 Å². The predicted molar refractivity (Wildman–Crippen MR) is 80.8 cm³/mol. The van der Waals surface area contributed by atoms with Gasteiger partial charge in [-0.1, -0.05) is 19.3 Å². The van der Waals surface area contributed by atoms with Crippen molar-refractivity contribution in [3.05, 3.63) is 22.5 Å². The maximum atomic E-state index is 11.7. The molecule has 1 aromatic heterocycles. The van der Waals surface area contributed by atoms with Gasteiger partial charge in [0.25, 0.3) is 0 Å². The Hall–Kier alpha value is -1.62. The monoisotopic (exact) mass is 305 g/mol. The van der Waals surface area contributed by atoms with Crippen LogP contribution < -0.4 is 0 Å². The molecule has 0 radical (unpaired) electrons. The van der Waals surface area contributed by atoms with Gasteiger partial charge in [0.2, 0.25) is 0 Å². The van der Waals surface area contributed by atoms with Crippen LogP contribution in [0.15, 0.2) is 0 Å². The molecule has 2 heterocycles. The van der Waals surface area contributed by atoms with E-state index in [1.807, 2.05) is 0 Å². The van der Waals surface area contributed by atoms with Gasteiger partial charge in [-0.15, -0.1) is 0 Å². The zero-order chi connectivity index (χ0) is 15.5. The molecular formula is C17H23NO4. The fourth-order valence-electron chi connectivity index (χ4n) is 3.54. The zero-order valence-electron chi connectivity index (χ0n) is 13.1. The first kappa shape index (κ1) is 15.3. The molecule has 5 nitrogen and oxygen atoms in total.